The first-order valence-electron chi connectivity index (χ1n) is 9.60. The van der Waals surface area contributed by atoms with Crippen molar-refractivity contribution < 1.29 is 19.1 Å². The molecule has 1 aromatic rings. The van der Waals surface area contributed by atoms with Crippen molar-refractivity contribution in [3.63, 3.8) is 0 Å². The van der Waals surface area contributed by atoms with E-state index in [9.17, 15) is 9.59 Å². The minimum absolute atomic E-state index is 0.0110. The van der Waals surface area contributed by atoms with E-state index in [0.717, 1.165) is 36.7 Å². The number of rotatable bonds is 8. The molecule has 0 saturated carbocycles. The second-order valence-corrected chi connectivity index (χ2v) is 7.32. The van der Waals surface area contributed by atoms with Crippen molar-refractivity contribution >= 4 is 11.8 Å². The van der Waals surface area contributed by atoms with Crippen LogP contribution in [0.2, 0.25) is 0 Å². The number of nitrogens with zero attached hydrogens (tertiary/aromatic N) is 2. The zero-order valence-corrected chi connectivity index (χ0v) is 17.2. The number of nitrogens with one attached hydrogen (secondary N) is 1. The number of hydrogen-bond donors (Lipinski definition) is 2. The predicted octanol–water partition coefficient (Wildman–Crippen LogP) is 0.448. The van der Waals surface area contributed by atoms with Crippen LogP contribution in [-0.2, 0) is 16.1 Å². The van der Waals surface area contributed by atoms with Crippen LogP contribution in [0.3, 0.4) is 0 Å². The summed E-state index contributed by atoms with van der Waals surface area (Å²) in [7, 11) is 3.30. The first-order chi connectivity index (χ1) is 13.3. The fraction of sp³-hybridized carbons (Fsp3) is 0.600. The van der Waals surface area contributed by atoms with Gasteiger partial charge in [0, 0.05) is 38.3 Å². The van der Waals surface area contributed by atoms with E-state index in [0.29, 0.717) is 13.1 Å². The van der Waals surface area contributed by atoms with Gasteiger partial charge in [0.05, 0.1) is 26.8 Å². The summed E-state index contributed by atoms with van der Waals surface area (Å²) in [6.45, 7) is 7.22. The van der Waals surface area contributed by atoms with Crippen molar-refractivity contribution in [2.24, 2.45) is 11.7 Å². The molecule has 0 radical (unpaired) electrons. The molecule has 1 aliphatic heterocycles. The topological polar surface area (TPSA) is 97.1 Å². The molecule has 28 heavy (non-hydrogen) atoms. The summed E-state index contributed by atoms with van der Waals surface area (Å²) in [6, 6.07) is 5.16. The highest BCUT2D eigenvalue weighted by molar-refractivity contribution is 5.87. The fourth-order valence-corrected chi connectivity index (χ4v) is 3.10. The molecule has 1 aromatic carbocycles. The van der Waals surface area contributed by atoms with Crippen molar-refractivity contribution in [2.45, 2.75) is 26.4 Å². The van der Waals surface area contributed by atoms with Crippen molar-refractivity contribution in [3.8, 4) is 11.5 Å². The Morgan fingerprint density at radius 1 is 1.14 bits per heavy atom. The van der Waals surface area contributed by atoms with Gasteiger partial charge in [-0.25, -0.2) is 0 Å². The standard InChI is InChI=1S/C20H32N4O4/c1-14(2)19(21)20(26)22-12-18(25)24-9-7-23(8-10-24)13-15-11-16(27-3)5-6-17(15)28-4/h5-6,11,14,19H,7-10,12-13,21H2,1-4H3,(H,22,26)/t19-/m0/s1. The lowest BCUT2D eigenvalue weighted by Gasteiger charge is -2.35. The van der Waals surface area contributed by atoms with E-state index >= 15 is 0 Å². The summed E-state index contributed by atoms with van der Waals surface area (Å²) in [4.78, 5) is 28.3. The summed E-state index contributed by atoms with van der Waals surface area (Å²) < 4.78 is 10.7. The molecular weight excluding hydrogens is 360 g/mol. The Kier molecular flexibility index (Phi) is 8.07. The summed E-state index contributed by atoms with van der Waals surface area (Å²) in [6.07, 6.45) is 0. The molecule has 2 rings (SSSR count). The average Bonchev–Trinajstić information content (AvgIpc) is 2.71. The van der Waals surface area contributed by atoms with E-state index in [-0.39, 0.29) is 24.3 Å². The zero-order valence-electron chi connectivity index (χ0n) is 17.2. The third-order valence-electron chi connectivity index (χ3n) is 5.04. The summed E-state index contributed by atoms with van der Waals surface area (Å²) in [5.41, 5.74) is 6.85. The number of amides is 2. The normalized spacial score (nSPS) is 16.0. The highest BCUT2D eigenvalue weighted by Crippen LogP contribution is 2.25. The smallest absolute Gasteiger partial charge is 0.242 e. The maximum absolute atomic E-state index is 12.4. The van der Waals surface area contributed by atoms with Crippen LogP contribution in [-0.4, -0.2) is 74.6 Å². The number of hydrogen-bond acceptors (Lipinski definition) is 6. The number of piperazine rings is 1. The van der Waals surface area contributed by atoms with Gasteiger partial charge in [-0.3, -0.25) is 14.5 Å². The van der Waals surface area contributed by atoms with Gasteiger partial charge in [-0.15, -0.1) is 0 Å². The molecule has 1 saturated heterocycles. The first kappa shape index (κ1) is 22.0. The second-order valence-electron chi connectivity index (χ2n) is 7.32. The molecular formula is C20H32N4O4. The van der Waals surface area contributed by atoms with Crippen LogP contribution in [0.5, 0.6) is 11.5 Å². The number of methoxy groups -OCH3 is 2. The molecule has 0 spiro atoms. The Hall–Kier alpha value is -2.32. The largest absolute Gasteiger partial charge is 0.497 e. The van der Waals surface area contributed by atoms with E-state index in [1.54, 1.807) is 19.1 Å². The lowest BCUT2D eigenvalue weighted by atomic mass is 10.1. The Bertz CT molecular complexity index is 672. The average molecular weight is 393 g/mol. The molecule has 8 heteroatoms. The number of carbonyl (C=O) groups excluding carboxylic acids is 2. The lowest BCUT2D eigenvalue weighted by Crippen LogP contribution is -2.52. The molecule has 1 aliphatic rings. The minimum atomic E-state index is -0.595. The van der Waals surface area contributed by atoms with E-state index < -0.39 is 6.04 Å². The summed E-state index contributed by atoms with van der Waals surface area (Å²) >= 11 is 0. The highest BCUT2D eigenvalue weighted by atomic mass is 16.5. The van der Waals surface area contributed by atoms with Crippen LogP contribution in [0.1, 0.15) is 19.4 Å². The van der Waals surface area contributed by atoms with Gasteiger partial charge in [0.25, 0.3) is 0 Å². The van der Waals surface area contributed by atoms with Gasteiger partial charge in [0.2, 0.25) is 11.8 Å². The van der Waals surface area contributed by atoms with Gasteiger partial charge in [-0.05, 0) is 24.1 Å². The Morgan fingerprint density at radius 2 is 1.82 bits per heavy atom. The molecule has 0 bridgehead atoms. The Labute approximate surface area is 166 Å². The number of ether oxygens (including phenoxy) is 2. The number of benzene rings is 1. The van der Waals surface area contributed by atoms with E-state index in [2.05, 4.69) is 10.2 Å². The summed E-state index contributed by atoms with van der Waals surface area (Å²) in [5, 5.41) is 2.64. The van der Waals surface area contributed by atoms with Crippen LogP contribution in [0, 0.1) is 5.92 Å². The maximum Gasteiger partial charge on any atom is 0.242 e. The van der Waals surface area contributed by atoms with Gasteiger partial charge >= 0.3 is 0 Å². The lowest BCUT2D eigenvalue weighted by molar-refractivity contribution is -0.134. The van der Waals surface area contributed by atoms with Crippen molar-refractivity contribution in [1.29, 1.82) is 0 Å². The number of nitrogens with two attached hydrogens (primary N) is 1. The third kappa shape index (κ3) is 5.84. The van der Waals surface area contributed by atoms with Crippen molar-refractivity contribution in [1.82, 2.24) is 15.1 Å². The molecule has 1 fully saturated rings. The molecule has 156 valence electrons. The molecule has 1 atom stereocenters. The fourth-order valence-electron chi connectivity index (χ4n) is 3.10. The quantitative estimate of drug-likeness (QED) is 0.667. The summed E-state index contributed by atoms with van der Waals surface area (Å²) in [5.74, 6) is 1.28. The second kappa shape index (κ2) is 10.3. The molecule has 3 N–H and O–H groups in total. The molecule has 1 heterocycles. The van der Waals surface area contributed by atoms with Gasteiger partial charge < -0.3 is 25.4 Å². The van der Waals surface area contributed by atoms with E-state index in [1.807, 2.05) is 32.0 Å². The predicted molar refractivity (Wildman–Crippen MR) is 107 cm³/mol. The highest BCUT2D eigenvalue weighted by Gasteiger charge is 2.23. The molecule has 0 aliphatic carbocycles. The van der Waals surface area contributed by atoms with Gasteiger partial charge in [-0.1, -0.05) is 13.8 Å². The maximum atomic E-state index is 12.4. The van der Waals surface area contributed by atoms with Crippen LogP contribution in [0.15, 0.2) is 18.2 Å². The van der Waals surface area contributed by atoms with E-state index in [4.69, 9.17) is 15.2 Å². The Morgan fingerprint density at radius 3 is 2.39 bits per heavy atom. The molecule has 2 amide bonds. The Balaban J connectivity index is 1.83. The van der Waals surface area contributed by atoms with Gasteiger partial charge in [-0.2, -0.15) is 0 Å². The van der Waals surface area contributed by atoms with Crippen LogP contribution in [0.4, 0.5) is 0 Å². The number of carbonyl (C=O) groups is 2. The van der Waals surface area contributed by atoms with Gasteiger partial charge in [0.15, 0.2) is 0 Å². The molecule has 0 aromatic heterocycles. The van der Waals surface area contributed by atoms with E-state index in [1.165, 1.54) is 0 Å². The van der Waals surface area contributed by atoms with Crippen LogP contribution >= 0.6 is 0 Å². The molecule has 8 nitrogen and oxygen atoms in total. The molecule has 0 unspecified atom stereocenters. The van der Waals surface area contributed by atoms with Crippen molar-refractivity contribution in [3.05, 3.63) is 23.8 Å². The monoisotopic (exact) mass is 392 g/mol. The van der Waals surface area contributed by atoms with Crippen LogP contribution in [0.25, 0.3) is 0 Å². The first-order valence-corrected chi connectivity index (χ1v) is 9.60. The SMILES string of the molecule is COc1ccc(OC)c(CN2CCN(C(=O)CNC(=O)[C@@H](N)C(C)C)CC2)c1. The van der Waals surface area contributed by atoms with Crippen LogP contribution < -0.4 is 20.5 Å². The van der Waals surface area contributed by atoms with Crippen molar-refractivity contribution in [2.75, 3.05) is 46.9 Å². The minimum Gasteiger partial charge on any atom is -0.497 e. The zero-order chi connectivity index (χ0) is 20.7. The van der Waals surface area contributed by atoms with Gasteiger partial charge in [0.1, 0.15) is 11.5 Å². The third-order valence-corrected chi connectivity index (χ3v) is 5.04.